The topological polar surface area (TPSA) is 0 Å². The quantitative estimate of drug-likeness (QED) is 0.504. The fraction of sp³-hybridized carbons (Fsp3) is 1.00. The SMILES string of the molecule is CC1CCC(C)(C2(C)CCCCC2)CCC1C. The van der Waals surface area contributed by atoms with Gasteiger partial charge in [-0.1, -0.05) is 47.0 Å². The van der Waals surface area contributed by atoms with Crippen LogP contribution < -0.4 is 0 Å². The summed E-state index contributed by atoms with van der Waals surface area (Å²) in [5.74, 6) is 1.90. The summed E-state index contributed by atoms with van der Waals surface area (Å²) in [5.41, 5.74) is 1.28. The van der Waals surface area contributed by atoms with Crippen molar-refractivity contribution in [1.29, 1.82) is 0 Å². The van der Waals surface area contributed by atoms with Gasteiger partial charge in [0.05, 0.1) is 0 Å². The van der Waals surface area contributed by atoms with Gasteiger partial charge in [-0.15, -0.1) is 0 Å². The molecule has 0 amide bonds. The summed E-state index contributed by atoms with van der Waals surface area (Å²) in [5, 5.41) is 0. The highest BCUT2D eigenvalue weighted by molar-refractivity contribution is 4.96. The maximum atomic E-state index is 2.61. The molecule has 0 heterocycles. The summed E-state index contributed by atoms with van der Waals surface area (Å²) in [6, 6.07) is 0. The molecule has 0 heteroatoms. The van der Waals surface area contributed by atoms with E-state index in [1.54, 1.807) is 0 Å². The third-order valence-electron chi connectivity index (χ3n) is 6.69. The maximum Gasteiger partial charge on any atom is -0.0272 e. The Morgan fingerprint density at radius 3 is 1.53 bits per heavy atom. The van der Waals surface area contributed by atoms with Crippen LogP contribution in [0.25, 0.3) is 0 Å². The van der Waals surface area contributed by atoms with Crippen molar-refractivity contribution in [1.82, 2.24) is 0 Å². The molecule has 0 nitrogen and oxygen atoms in total. The van der Waals surface area contributed by atoms with Gasteiger partial charge in [0.1, 0.15) is 0 Å². The monoisotopic (exact) mass is 236 g/mol. The first-order valence-corrected chi connectivity index (χ1v) is 7.97. The summed E-state index contributed by atoms with van der Waals surface area (Å²) in [6.07, 6.45) is 13.3. The van der Waals surface area contributed by atoms with Crippen LogP contribution in [0.2, 0.25) is 0 Å². The Labute approximate surface area is 109 Å². The van der Waals surface area contributed by atoms with E-state index in [1.165, 1.54) is 57.8 Å². The molecule has 100 valence electrons. The molecular weight excluding hydrogens is 204 g/mol. The molecule has 0 aromatic carbocycles. The number of rotatable bonds is 1. The van der Waals surface area contributed by atoms with Crippen LogP contribution in [0, 0.1) is 22.7 Å². The van der Waals surface area contributed by atoms with Crippen molar-refractivity contribution in [3.8, 4) is 0 Å². The van der Waals surface area contributed by atoms with E-state index in [9.17, 15) is 0 Å². The van der Waals surface area contributed by atoms with E-state index < -0.39 is 0 Å². The van der Waals surface area contributed by atoms with Crippen LogP contribution >= 0.6 is 0 Å². The first-order valence-electron chi connectivity index (χ1n) is 7.97. The molecule has 2 fully saturated rings. The first kappa shape index (κ1) is 13.4. The van der Waals surface area contributed by atoms with Crippen LogP contribution in [0.15, 0.2) is 0 Å². The minimum absolute atomic E-state index is 0.631. The summed E-state index contributed by atoms with van der Waals surface area (Å²) in [7, 11) is 0. The molecule has 0 spiro atoms. The van der Waals surface area contributed by atoms with Crippen molar-refractivity contribution in [2.24, 2.45) is 22.7 Å². The second-order valence-electron chi connectivity index (χ2n) is 7.71. The second kappa shape index (κ2) is 4.94. The van der Waals surface area contributed by atoms with Gasteiger partial charge >= 0.3 is 0 Å². The molecule has 2 rings (SSSR count). The average Bonchev–Trinajstić information content (AvgIpc) is 2.45. The van der Waals surface area contributed by atoms with Crippen LogP contribution in [0.1, 0.15) is 85.5 Å². The van der Waals surface area contributed by atoms with E-state index >= 15 is 0 Å². The molecule has 2 atom stereocenters. The summed E-state index contributed by atoms with van der Waals surface area (Å²) in [4.78, 5) is 0. The van der Waals surface area contributed by atoms with Crippen molar-refractivity contribution in [3.05, 3.63) is 0 Å². The Hall–Kier alpha value is 0. The van der Waals surface area contributed by atoms with Crippen LogP contribution in [-0.2, 0) is 0 Å². The lowest BCUT2D eigenvalue weighted by molar-refractivity contribution is 0.0130. The van der Waals surface area contributed by atoms with Crippen LogP contribution in [0.3, 0.4) is 0 Å². The van der Waals surface area contributed by atoms with Gasteiger partial charge in [-0.3, -0.25) is 0 Å². The predicted octanol–water partition coefficient (Wildman–Crippen LogP) is 5.81. The molecule has 0 radical (unpaired) electrons. The Kier molecular flexibility index (Phi) is 3.90. The highest BCUT2D eigenvalue weighted by Crippen LogP contribution is 2.56. The number of hydrogen-bond acceptors (Lipinski definition) is 0. The van der Waals surface area contributed by atoms with E-state index in [2.05, 4.69) is 27.7 Å². The molecule has 2 saturated carbocycles. The Morgan fingerprint density at radius 2 is 1.06 bits per heavy atom. The Morgan fingerprint density at radius 1 is 0.647 bits per heavy atom. The van der Waals surface area contributed by atoms with Gasteiger partial charge in [-0.2, -0.15) is 0 Å². The molecule has 2 aliphatic carbocycles. The Balaban J connectivity index is 2.11. The van der Waals surface area contributed by atoms with Gasteiger partial charge in [-0.05, 0) is 61.2 Å². The highest BCUT2D eigenvalue weighted by atomic mass is 14.5. The van der Waals surface area contributed by atoms with Gasteiger partial charge in [0.15, 0.2) is 0 Å². The molecule has 0 N–H and O–H groups in total. The van der Waals surface area contributed by atoms with Crippen molar-refractivity contribution >= 4 is 0 Å². The third kappa shape index (κ3) is 2.56. The van der Waals surface area contributed by atoms with E-state index in [0.29, 0.717) is 10.8 Å². The lowest BCUT2D eigenvalue weighted by atomic mass is 9.56. The van der Waals surface area contributed by atoms with Crippen LogP contribution in [0.4, 0.5) is 0 Å². The smallest absolute Gasteiger partial charge is 0.0272 e. The lowest BCUT2D eigenvalue weighted by Gasteiger charge is -2.49. The van der Waals surface area contributed by atoms with Gasteiger partial charge in [-0.25, -0.2) is 0 Å². The van der Waals surface area contributed by atoms with E-state index in [-0.39, 0.29) is 0 Å². The van der Waals surface area contributed by atoms with Crippen molar-refractivity contribution < 1.29 is 0 Å². The second-order valence-corrected chi connectivity index (χ2v) is 7.71. The zero-order valence-electron chi connectivity index (χ0n) is 12.5. The van der Waals surface area contributed by atoms with Crippen molar-refractivity contribution in [2.75, 3.05) is 0 Å². The molecular formula is C17H32. The molecule has 0 bridgehead atoms. The molecule has 17 heavy (non-hydrogen) atoms. The molecule has 0 aliphatic heterocycles. The summed E-state index contributed by atoms with van der Waals surface area (Å²) in [6.45, 7) is 10.2. The zero-order valence-corrected chi connectivity index (χ0v) is 12.5. The van der Waals surface area contributed by atoms with E-state index in [0.717, 1.165) is 11.8 Å². The largest absolute Gasteiger partial charge is 0.0623 e. The van der Waals surface area contributed by atoms with Crippen molar-refractivity contribution in [2.45, 2.75) is 85.5 Å². The molecule has 0 saturated heterocycles. The highest BCUT2D eigenvalue weighted by Gasteiger charge is 2.45. The maximum absolute atomic E-state index is 2.61. The summed E-state index contributed by atoms with van der Waals surface area (Å²) < 4.78 is 0. The molecule has 0 aromatic heterocycles. The van der Waals surface area contributed by atoms with Gasteiger partial charge in [0, 0.05) is 0 Å². The molecule has 2 unspecified atom stereocenters. The molecule has 0 aromatic rings. The normalized spacial score (nSPS) is 43.1. The number of hydrogen-bond donors (Lipinski definition) is 0. The van der Waals surface area contributed by atoms with Gasteiger partial charge < -0.3 is 0 Å². The fourth-order valence-electron chi connectivity index (χ4n) is 4.33. The van der Waals surface area contributed by atoms with Gasteiger partial charge in [0.2, 0.25) is 0 Å². The van der Waals surface area contributed by atoms with Crippen LogP contribution in [-0.4, -0.2) is 0 Å². The minimum atomic E-state index is 0.631. The van der Waals surface area contributed by atoms with E-state index in [1.807, 2.05) is 0 Å². The molecule has 2 aliphatic rings. The standard InChI is InChI=1S/C17H32/c1-14-8-12-17(4,13-9-15(14)2)16(3)10-6-5-7-11-16/h14-15H,5-13H2,1-4H3. The Bertz CT molecular complexity index is 235. The summed E-state index contributed by atoms with van der Waals surface area (Å²) >= 11 is 0. The average molecular weight is 236 g/mol. The van der Waals surface area contributed by atoms with Crippen molar-refractivity contribution in [3.63, 3.8) is 0 Å². The van der Waals surface area contributed by atoms with Crippen LogP contribution in [0.5, 0.6) is 0 Å². The zero-order chi connectivity index (χ0) is 12.5. The fourth-order valence-corrected chi connectivity index (χ4v) is 4.33. The minimum Gasteiger partial charge on any atom is -0.0623 e. The third-order valence-corrected chi connectivity index (χ3v) is 6.69. The lowest BCUT2D eigenvalue weighted by Crippen LogP contribution is -2.39. The van der Waals surface area contributed by atoms with E-state index in [4.69, 9.17) is 0 Å². The first-order chi connectivity index (χ1) is 7.97. The predicted molar refractivity (Wildman–Crippen MR) is 76.1 cm³/mol. The van der Waals surface area contributed by atoms with Gasteiger partial charge in [0.25, 0.3) is 0 Å².